The van der Waals surface area contributed by atoms with Gasteiger partial charge in [0.1, 0.15) is 0 Å². The van der Waals surface area contributed by atoms with Gasteiger partial charge in [-0.3, -0.25) is 4.79 Å². The van der Waals surface area contributed by atoms with Gasteiger partial charge in [-0.2, -0.15) is 0 Å². The van der Waals surface area contributed by atoms with E-state index in [9.17, 15) is 18.4 Å². The molecule has 0 unspecified atom stereocenters. The van der Waals surface area contributed by atoms with Crippen LogP contribution in [0.5, 0.6) is 5.75 Å². The molecule has 0 saturated carbocycles. The summed E-state index contributed by atoms with van der Waals surface area (Å²) in [5.74, 6) is -4.55. The normalized spacial score (nSPS) is 10.4. The summed E-state index contributed by atoms with van der Waals surface area (Å²) in [6.45, 7) is 3.06. The number of amides is 1. The fourth-order valence-electron chi connectivity index (χ4n) is 1.36. The van der Waals surface area contributed by atoms with Crippen LogP contribution in [-0.2, 0) is 9.59 Å². The van der Waals surface area contributed by atoms with Crippen molar-refractivity contribution >= 4 is 18.0 Å². The number of hydrogen-bond donors (Lipinski definition) is 2. The van der Waals surface area contributed by atoms with Crippen LogP contribution in [0, 0.1) is 11.6 Å². The van der Waals surface area contributed by atoms with Crippen LogP contribution in [0.3, 0.4) is 0 Å². The lowest BCUT2D eigenvalue weighted by Gasteiger charge is -2.09. The van der Waals surface area contributed by atoms with Crippen molar-refractivity contribution in [1.29, 1.82) is 0 Å². The second kappa shape index (κ2) is 7.78. The van der Waals surface area contributed by atoms with E-state index in [2.05, 4.69) is 11.9 Å². The lowest BCUT2D eigenvalue weighted by molar-refractivity contribution is -0.131. The number of hydrogen-bond acceptors (Lipinski definition) is 3. The highest BCUT2D eigenvalue weighted by atomic mass is 19.1. The molecule has 0 aliphatic rings. The first kappa shape index (κ1) is 16.4. The second-order valence-corrected chi connectivity index (χ2v) is 3.87. The average molecular weight is 297 g/mol. The predicted molar refractivity (Wildman–Crippen MR) is 71.7 cm³/mol. The third-order valence-corrected chi connectivity index (χ3v) is 2.23. The van der Waals surface area contributed by atoms with Crippen LogP contribution in [0.1, 0.15) is 5.56 Å². The maximum atomic E-state index is 13.6. The first-order chi connectivity index (χ1) is 9.93. The molecule has 0 aromatic heterocycles. The van der Waals surface area contributed by atoms with E-state index < -0.39 is 35.9 Å². The first-order valence-corrected chi connectivity index (χ1v) is 5.84. The Bertz CT molecular complexity index is 561. The van der Waals surface area contributed by atoms with Crippen molar-refractivity contribution < 1.29 is 28.2 Å². The Labute approximate surface area is 119 Å². The van der Waals surface area contributed by atoms with Gasteiger partial charge >= 0.3 is 5.97 Å². The van der Waals surface area contributed by atoms with E-state index in [0.717, 1.165) is 24.3 Å². The Hall–Kier alpha value is -2.70. The third-order valence-electron chi connectivity index (χ3n) is 2.23. The van der Waals surface area contributed by atoms with E-state index in [4.69, 9.17) is 9.84 Å². The molecule has 0 aliphatic heterocycles. The van der Waals surface area contributed by atoms with Gasteiger partial charge in [0, 0.05) is 12.6 Å². The Morgan fingerprint density at radius 3 is 2.48 bits per heavy atom. The van der Waals surface area contributed by atoms with E-state index in [1.807, 2.05) is 0 Å². The summed E-state index contributed by atoms with van der Waals surface area (Å²) in [5, 5.41) is 10.8. The number of carboxylic acids is 1. The number of ether oxygens (including phenoxy) is 1. The van der Waals surface area contributed by atoms with Crippen molar-refractivity contribution in [1.82, 2.24) is 5.32 Å². The maximum Gasteiger partial charge on any atom is 0.328 e. The minimum absolute atomic E-state index is 0.0239. The molecule has 1 rings (SSSR count). The van der Waals surface area contributed by atoms with Gasteiger partial charge in [0.2, 0.25) is 0 Å². The zero-order valence-electron chi connectivity index (χ0n) is 10.9. The molecule has 7 heteroatoms. The van der Waals surface area contributed by atoms with Crippen LogP contribution in [-0.4, -0.2) is 30.1 Å². The van der Waals surface area contributed by atoms with Gasteiger partial charge in [-0.05, 0) is 23.8 Å². The summed E-state index contributed by atoms with van der Waals surface area (Å²) in [6.07, 6.45) is 3.23. The molecular weight excluding hydrogens is 284 g/mol. The summed E-state index contributed by atoms with van der Waals surface area (Å²) >= 11 is 0. The SMILES string of the molecule is C=CCNC(=O)COc1c(F)cc(C=CC(=O)O)cc1F. The standard InChI is InChI=1S/C14H13F2NO4/c1-2-5-17-12(18)8-21-14-10(15)6-9(7-11(14)16)3-4-13(19)20/h2-4,6-7H,1,5,8H2,(H,17,18)(H,19,20). The van der Waals surface area contributed by atoms with Crippen LogP contribution in [0.15, 0.2) is 30.9 Å². The predicted octanol–water partition coefficient (Wildman–Crippen LogP) is 1.74. The zero-order valence-corrected chi connectivity index (χ0v) is 10.9. The Morgan fingerprint density at radius 2 is 1.95 bits per heavy atom. The summed E-state index contributed by atoms with van der Waals surface area (Å²) < 4.78 is 32.1. The zero-order chi connectivity index (χ0) is 15.8. The summed E-state index contributed by atoms with van der Waals surface area (Å²) in [6, 6.07) is 1.80. The molecule has 0 bridgehead atoms. The van der Waals surface area contributed by atoms with Gasteiger partial charge in [0.25, 0.3) is 5.91 Å². The monoisotopic (exact) mass is 297 g/mol. The summed E-state index contributed by atoms with van der Waals surface area (Å²) in [7, 11) is 0. The molecule has 2 N–H and O–H groups in total. The molecule has 1 amide bonds. The van der Waals surface area contributed by atoms with Crippen LogP contribution >= 0.6 is 0 Å². The first-order valence-electron chi connectivity index (χ1n) is 5.84. The molecule has 21 heavy (non-hydrogen) atoms. The number of carboxylic acid groups (broad SMARTS) is 1. The molecule has 1 aromatic rings. The molecule has 0 radical (unpaired) electrons. The topological polar surface area (TPSA) is 75.6 Å². The fourth-order valence-corrected chi connectivity index (χ4v) is 1.36. The molecule has 112 valence electrons. The number of benzene rings is 1. The van der Waals surface area contributed by atoms with Crippen molar-refractivity contribution in [2.24, 2.45) is 0 Å². The maximum absolute atomic E-state index is 13.6. The van der Waals surface area contributed by atoms with Crippen LogP contribution < -0.4 is 10.1 Å². The molecule has 0 atom stereocenters. The van der Waals surface area contributed by atoms with Crippen LogP contribution in [0.4, 0.5) is 8.78 Å². The average Bonchev–Trinajstić information content (AvgIpc) is 2.41. The van der Waals surface area contributed by atoms with Crippen LogP contribution in [0.2, 0.25) is 0 Å². The van der Waals surface area contributed by atoms with E-state index in [0.29, 0.717) is 0 Å². The summed E-state index contributed by atoms with van der Waals surface area (Å²) in [5.41, 5.74) is 0.0239. The van der Waals surface area contributed by atoms with Crippen molar-refractivity contribution in [3.05, 3.63) is 48.1 Å². The van der Waals surface area contributed by atoms with Gasteiger partial charge in [0.15, 0.2) is 24.0 Å². The van der Waals surface area contributed by atoms with Gasteiger partial charge in [-0.25, -0.2) is 13.6 Å². The molecule has 0 aliphatic carbocycles. The molecule has 5 nitrogen and oxygen atoms in total. The lowest BCUT2D eigenvalue weighted by atomic mass is 10.2. The number of rotatable bonds is 7. The van der Waals surface area contributed by atoms with Crippen molar-refractivity contribution in [2.45, 2.75) is 0 Å². The molecule has 0 fully saturated rings. The third kappa shape index (κ3) is 5.43. The Balaban J connectivity index is 2.78. The fraction of sp³-hybridized carbons (Fsp3) is 0.143. The molecule has 0 spiro atoms. The van der Waals surface area contributed by atoms with E-state index in [1.165, 1.54) is 6.08 Å². The van der Waals surface area contributed by atoms with Crippen molar-refractivity contribution in [2.75, 3.05) is 13.2 Å². The molecule has 0 heterocycles. The van der Waals surface area contributed by atoms with Crippen molar-refractivity contribution in [3.63, 3.8) is 0 Å². The van der Waals surface area contributed by atoms with Crippen LogP contribution in [0.25, 0.3) is 6.08 Å². The molecular formula is C14H13F2NO4. The number of carbonyl (C=O) groups is 2. The summed E-state index contributed by atoms with van der Waals surface area (Å²) in [4.78, 5) is 21.6. The minimum Gasteiger partial charge on any atom is -0.478 e. The Kier molecular flexibility index (Phi) is 6.06. The molecule has 0 saturated heterocycles. The van der Waals surface area contributed by atoms with Gasteiger partial charge in [0.05, 0.1) is 0 Å². The quantitative estimate of drug-likeness (QED) is 0.594. The Morgan fingerprint density at radius 1 is 1.33 bits per heavy atom. The van der Waals surface area contributed by atoms with Gasteiger partial charge < -0.3 is 15.2 Å². The number of halogens is 2. The van der Waals surface area contributed by atoms with Gasteiger partial charge in [-0.15, -0.1) is 6.58 Å². The highest BCUT2D eigenvalue weighted by Gasteiger charge is 2.13. The lowest BCUT2D eigenvalue weighted by Crippen LogP contribution is -2.29. The van der Waals surface area contributed by atoms with E-state index in [-0.39, 0.29) is 12.1 Å². The number of nitrogens with one attached hydrogen (secondary N) is 1. The highest BCUT2D eigenvalue weighted by molar-refractivity contribution is 5.85. The second-order valence-electron chi connectivity index (χ2n) is 3.87. The van der Waals surface area contributed by atoms with Crippen molar-refractivity contribution in [3.8, 4) is 5.75 Å². The minimum atomic E-state index is -1.24. The molecule has 1 aromatic carbocycles. The number of carbonyl (C=O) groups excluding carboxylic acids is 1. The smallest absolute Gasteiger partial charge is 0.328 e. The number of aliphatic carboxylic acids is 1. The highest BCUT2D eigenvalue weighted by Crippen LogP contribution is 2.23. The largest absolute Gasteiger partial charge is 0.478 e. The van der Waals surface area contributed by atoms with Gasteiger partial charge in [-0.1, -0.05) is 6.08 Å². The van der Waals surface area contributed by atoms with E-state index in [1.54, 1.807) is 0 Å². The van der Waals surface area contributed by atoms with E-state index >= 15 is 0 Å².